The van der Waals surface area contributed by atoms with Crippen LogP contribution < -0.4 is 0 Å². The summed E-state index contributed by atoms with van der Waals surface area (Å²) in [5, 5.41) is 8.98. The highest BCUT2D eigenvalue weighted by Gasteiger charge is 2.42. The molecule has 21 heavy (non-hydrogen) atoms. The maximum absolute atomic E-state index is 14.3. The minimum absolute atomic E-state index is 0.205. The van der Waals surface area contributed by atoms with Crippen LogP contribution in [0.2, 0.25) is 0 Å². The summed E-state index contributed by atoms with van der Waals surface area (Å²) in [4.78, 5) is 10.4. The van der Waals surface area contributed by atoms with E-state index in [1.807, 2.05) is 0 Å². The van der Waals surface area contributed by atoms with Crippen molar-refractivity contribution in [2.45, 2.75) is 37.1 Å². The highest BCUT2D eigenvalue weighted by atomic mass is 79.9. The van der Waals surface area contributed by atoms with E-state index in [2.05, 4.69) is 15.9 Å². The zero-order valence-corrected chi connectivity index (χ0v) is 14.0. The van der Waals surface area contributed by atoms with Gasteiger partial charge < -0.3 is 5.11 Å². The van der Waals surface area contributed by atoms with Gasteiger partial charge in [0.1, 0.15) is 4.90 Å². The summed E-state index contributed by atoms with van der Waals surface area (Å²) >= 11 is 3.03. The fraction of sp³-hybridized carbons (Fsp3) is 0.462. The van der Waals surface area contributed by atoms with Crippen LogP contribution in [0.15, 0.2) is 21.5 Å². The maximum Gasteiger partial charge on any atom is 0.338 e. The lowest BCUT2D eigenvalue weighted by Gasteiger charge is -2.30. The van der Waals surface area contributed by atoms with Crippen LogP contribution in [-0.2, 0) is 10.0 Å². The smallest absolute Gasteiger partial charge is 0.338 e. The normalized spacial score (nSPS) is 18.9. The molecule has 8 heteroatoms. The number of aromatic carboxylic acids is 1. The summed E-state index contributed by atoms with van der Waals surface area (Å²) < 4.78 is 41.1. The second kappa shape index (κ2) is 5.33. The molecule has 0 aliphatic carbocycles. The molecule has 0 atom stereocenters. The predicted octanol–water partition coefficient (Wildman–Crippen LogP) is 2.85. The largest absolute Gasteiger partial charge is 0.478 e. The van der Waals surface area contributed by atoms with Crippen LogP contribution in [0.3, 0.4) is 0 Å². The summed E-state index contributed by atoms with van der Waals surface area (Å²) in [6, 6.07) is 2.15. The van der Waals surface area contributed by atoms with Crippen molar-refractivity contribution in [1.29, 1.82) is 0 Å². The topological polar surface area (TPSA) is 74.7 Å². The highest BCUT2D eigenvalue weighted by Crippen LogP contribution is 2.36. The quantitative estimate of drug-likeness (QED) is 0.875. The second-order valence-electron chi connectivity index (χ2n) is 5.56. The third kappa shape index (κ3) is 2.84. The van der Waals surface area contributed by atoms with Crippen molar-refractivity contribution in [3.63, 3.8) is 0 Å². The standard InChI is InChI=1S/C13H15BrFNO4S/c1-13(2)4-3-5-16(13)21(19,20)10-7-8(14)6-9(11(10)15)12(17)18/h6-7H,3-5H2,1-2H3,(H,17,18). The van der Waals surface area contributed by atoms with Gasteiger partial charge in [-0.2, -0.15) is 4.31 Å². The van der Waals surface area contributed by atoms with Gasteiger partial charge in [0, 0.05) is 16.6 Å². The number of halogens is 2. The van der Waals surface area contributed by atoms with E-state index >= 15 is 0 Å². The summed E-state index contributed by atoms with van der Waals surface area (Å²) in [6.45, 7) is 3.83. The Kier molecular flexibility index (Phi) is 4.16. The summed E-state index contributed by atoms with van der Waals surface area (Å²) in [5.41, 5.74) is -1.28. The van der Waals surface area contributed by atoms with Crippen molar-refractivity contribution < 1.29 is 22.7 Å². The fourth-order valence-corrected chi connectivity index (χ4v) is 5.12. The molecule has 1 fully saturated rings. The van der Waals surface area contributed by atoms with Crippen LogP contribution in [0.5, 0.6) is 0 Å². The molecule has 116 valence electrons. The molecule has 1 heterocycles. The van der Waals surface area contributed by atoms with Gasteiger partial charge in [-0.05, 0) is 38.8 Å². The van der Waals surface area contributed by atoms with Gasteiger partial charge in [0.05, 0.1) is 5.56 Å². The van der Waals surface area contributed by atoms with E-state index in [1.54, 1.807) is 13.8 Å². The van der Waals surface area contributed by atoms with Gasteiger partial charge in [-0.25, -0.2) is 17.6 Å². The molecule has 0 unspecified atom stereocenters. The molecule has 1 aliphatic rings. The molecule has 1 aromatic carbocycles. The number of nitrogens with zero attached hydrogens (tertiary/aromatic N) is 1. The lowest BCUT2D eigenvalue weighted by atomic mass is 10.0. The molecule has 0 aromatic heterocycles. The number of benzene rings is 1. The molecule has 1 aromatic rings. The second-order valence-corrected chi connectivity index (χ2v) is 8.31. The highest BCUT2D eigenvalue weighted by molar-refractivity contribution is 9.10. The Morgan fingerprint density at radius 1 is 1.43 bits per heavy atom. The number of hydrogen-bond donors (Lipinski definition) is 1. The molecule has 0 saturated carbocycles. The van der Waals surface area contributed by atoms with Crippen LogP contribution in [0, 0.1) is 5.82 Å². The number of rotatable bonds is 3. The Morgan fingerprint density at radius 2 is 2.05 bits per heavy atom. The van der Waals surface area contributed by atoms with Gasteiger partial charge in [0.2, 0.25) is 10.0 Å². The molecule has 2 rings (SSSR count). The Bertz CT molecular complexity index is 702. The fourth-order valence-electron chi connectivity index (χ4n) is 2.55. The van der Waals surface area contributed by atoms with Gasteiger partial charge in [-0.15, -0.1) is 0 Å². The van der Waals surface area contributed by atoms with E-state index in [4.69, 9.17) is 5.11 Å². The van der Waals surface area contributed by atoms with Crippen LogP contribution in [-0.4, -0.2) is 35.9 Å². The van der Waals surface area contributed by atoms with E-state index in [0.717, 1.165) is 12.1 Å². The summed E-state index contributed by atoms with van der Waals surface area (Å²) in [7, 11) is -4.09. The van der Waals surface area contributed by atoms with E-state index in [-0.39, 0.29) is 4.47 Å². The third-order valence-corrected chi connectivity index (χ3v) is 6.20. The molecular weight excluding hydrogens is 365 g/mol. The van der Waals surface area contributed by atoms with Crippen molar-refractivity contribution in [3.05, 3.63) is 28.0 Å². The van der Waals surface area contributed by atoms with Crippen molar-refractivity contribution >= 4 is 31.9 Å². The van der Waals surface area contributed by atoms with Crippen molar-refractivity contribution in [2.75, 3.05) is 6.54 Å². The predicted molar refractivity (Wildman–Crippen MR) is 78.3 cm³/mol. The van der Waals surface area contributed by atoms with Crippen molar-refractivity contribution in [3.8, 4) is 0 Å². The van der Waals surface area contributed by atoms with Gasteiger partial charge in [-0.3, -0.25) is 0 Å². The lowest BCUT2D eigenvalue weighted by Crippen LogP contribution is -2.42. The van der Waals surface area contributed by atoms with Gasteiger partial charge >= 0.3 is 5.97 Å². The first kappa shape index (κ1) is 16.4. The molecule has 1 aliphatic heterocycles. The number of hydrogen-bond acceptors (Lipinski definition) is 3. The number of carboxylic acids is 1. The molecule has 0 radical (unpaired) electrons. The minimum atomic E-state index is -4.09. The van der Waals surface area contributed by atoms with E-state index in [1.165, 1.54) is 4.31 Å². The maximum atomic E-state index is 14.3. The van der Waals surface area contributed by atoms with Crippen LogP contribution in [0.4, 0.5) is 4.39 Å². The van der Waals surface area contributed by atoms with Crippen molar-refractivity contribution in [2.24, 2.45) is 0 Å². The minimum Gasteiger partial charge on any atom is -0.478 e. The van der Waals surface area contributed by atoms with E-state index in [9.17, 15) is 17.6 Å². The van der Waals surface area contributed by atoms with Gasteiger partial charge in [0.25, 0.3) is 0 Å². The molecule has 0 amide bonds. The molecule has 0 spiro atoms. The first-order valence-electron chi connectivity index (χ1n) is 6.32. The molecular formula is C13H15BrFNO4S. The number of sulfonamides is 1. The number of carboxylic acid groups (broad SMARTS) is 1. The zero-order chi connectivity index (χ0) is 16.0. The molecule has 1 saturated heterocycles. The average molecular weight is 380 g/mol. The average Bonchev–Trinajstić information content (AvgIpc) is 2.71. The zero-order valence-electron chi connectivity index (χ0n) is 11.6. The molecule has 5 nitrogen and oxygen atoms in total. The lowest BCUT2D eigenvalue weighted by molar-refractivity contribution is 0.0691. The van der Waals surface area contributed by atoms with Crippen LogP contribution >= 0.6 is 15.9 Å². The van der Waals surface area contributed by atoms with Crippen molar-refractivity contribution in [1.82, 2.24) is 4.31 Å². The Morgan fingerprint density at radius 3 is 2.52 bits per heavy atom. The van der Waals surface area contributed by atoms with Crippen LogP contribution in [0.25, 0.3) is 0 Å². The van der Waals surface area contributed by atoms with Gasteiger partial charge in [0.15, 0.2) is 5.82 Å². The Balaban J connectivity index is 2.63. The third-order valence-electron chi connectivity index (χ3n) is 3.63. The number of carbonyl (C=O) groups is 1. The monoisotopic (exact) mass is 379 g/mol. The van der Waals surface area contributed by atoms with E-state index in [0.29, 0.717) is 19.4 Å². The molecule has 1 N–H and O–H groups in total. The SMILES string of the molecule is CC1(C)CCCN1S(=O)(=O)c1cc(Br)cc(C(=O)O)c1F. The van der Waals surface area contributed by atoms with Gasteiger partial charge in [-0.1, -0.05) is 15.9 Å². The first-order valence-corrected chi connectivity index (χ1v) is 8.56. The Hall–Kier alpha value is -0.990. The first-order chi connectivity index (χ1) is 9.57. The summed E-state index contributed by atoms with van der Waals surface area (Å²) in [5.74, 6) is -2.74. The Labute approximate surface area is 130 Å². The molecule has 0 bridgehead atoms. The van der Waals surface area contributed by atoms with E-state index < -0.39 is 37.8 Å². The van der Waals surface area contributed by atoms with Crippen LogP contribution in [0.1, 0.15) is 37.0 Å². The summed E-state index contributed by atoms with van der Waals surface area (Å²) in [6.07, 6.45) is 1.36.